The Balaban J connectivity index is 1.70. The minimum absolute atomic E-state index is 0.177. The van der Waals surface area contributed by atoms with Gasteiger partial charge in [0.05, 0.1) is 30.9 Å². The van der Waals surface area contributed by atoms with Crippen molar-refractivity contribution in [3.63, 3.8) is 0 Å². The molecule has 1 atom stereocenters. The number of amides is 1. The first-order valence-corrected chi connectivity index (χ1v) is 10.4. The van der Waals surface area contributed by atoms with E-state index in [1.807, 2.05) is 30.1 Å². The summed E-state index contributed by atoms with van der Waals surface area (Å²) < 4.78 is 4.97. The number of hydrogen-bond acceptors (Lipinski definition) is 6. The summed E-state index contributed by atoms with van der Waals surface area (Å²) in [6, 6.07) is 9.46. The van der Waals surface area contributed by atoms with Crippen LogP contribution in [0, 0.1) is 17.2 Å². The number of ether oxygens (including phenoxy) is 1. The third-order valence-corrected chi connectivity index (χ3v) is 6.25. The smallest absolute Gasteiger partial charge is 0.341 e. The Labute approximate surface area is 175 Å². The molecule has 0 radical (unpaired) electrons. The number of nitriles is 1. The normalized spacial score (nSPS) is 15.5. The summed E-state index contributed by atoms with van der Waals surface area (Å²) in [6.07, 6.45) is 2.79. The second-order valence-electron chi connectivity index (χ2n) is 7.58. The monoisotopic (exact) mass is 411 g/mol. The third kappa shape index (κ3) is 5.03. The lowest BCUT2D eigenvalue weighted by Gasteiger charge is -2.18. The van der Waals surface area contributed by atoms with Crippen molar-refractivity contribution in [3.05, 3.63) is 51.4 Å². The van der Waals surface area contributed by atoms with Crippen LogP contribution in [0.1, 0.15) is 45.3 Å². The molecule has 1 aliphatic rings. The highest BCUT2D eigenvalue weighted by Crippen LogP contribution is 2.40. The molecule has 1 aliphatic carbocycles. The molecule has 29 heavy (non-hydrogen) atoms. The molecule has 1 unspecified atom stereocenters. The van der Waals surface area contributed by atoms with Gasteiger partial charge >= 0.3 is 5.97 Å². The fraction of sp³-hybridized carbons (Fsp3) is 0.409. The van der Waals surface area contributed by atoms with Gasteiger partial charge in [0.2, 0.25) is 5.91 Å². The second kappa shape index (κ2) is 9.21. The highest BCUT2D eigenvalue weighted by Gasteiger charge is 2.29. The van der Waals surface area contributed by atoms with Gasteiger partial charge in [-0.15, -0.1) is 11.3 Å². The lowest BCUT2D eigenvalue weighted by atomic mass is 9.88. The third-order valence-electron chi connectivity index (χ3n) is 5.08. The van der Waals surface area contributed by atoms with Gasteiger partial charge in [0.25, 0.3) is 0 Å². The van der Waals surface area contributed by atoms with E-state index in [4.69, 9.17) is 10.00 Å². The van der Waals surface area contributed by atoms with Crippen LogP contribution in [0.15, 0.2) is 24.3 Å². The van der Waals surface area contributed by atoms with E-state index in [9.17, 15) is 9.59 Å². The molecule has 0 fully saturated rings. The molecular weight excluding hydrogens is 386 g/mol. The molecular formula is C22H25N3O3S. The summed E-state index contributed by atoms with van der Waals surface area (Å²) in [5.41, 5.74) is 3.10. The van der Waals surface area contributed by atoms with Crippen molar-refractivity contribution in [2.45, 2.75) is 32.7 Å². The maximum Gasteiger partial charge on any atom is 0.341 e. The van der Waals surface area contributed by atoms with E-state index < -0.39 is 5.97 Å². The van der Waals surface area contributed by atoms with Crippen LogP contribution in [0.4, 0.5) is 5.00 Å². The average Bonchev–Trinajstić information content (AvgIpc) is 3.03. The summed E-state index contributed by atoms with van der Waals surface area (Å²) >= 11 is 1.49. The number of anilines is 1. The molecule has 2 aromatic rings. The fourth-order valence-corrected chi connectivity index (χ4v) is 5.09. The Morgan fingerprint density at radius 1 is 1.41 bits per heavy atom. The molecule has 6 nitrogen and oxygen atoms in total. The van der Waals surface area contributed by atoms with E-state index in [2.05, 4.69) is 18.3 Å². The van der Waals surface area contributed by atoms with Crippen molar-refractivity contribution < 1.29 is 14.3 Å². The lowest BCUT2D eigenvalue weighted by molar-refractivity contribution is -0.117. The van der Waals surface area contributed by atoms with Gasteiger partial charge in [-0.1, -0.05) is 19.1 Å². The van der Waals surface area contributed by atoms with Crippen LogP contribution >= 0.6 is 11.3 Å². The molecule has 3 rings (SSSR count). The van der Waals surface area contributed by atoms with Crippen molar-refractivity contribution in [3.8, 4) is 6.07 Å². The van der Waals surface area contributed by atoms with Crippen molar-refractivity contribution in [1.29, 1.82) is 5.26 Å². The number of carbonyl (C=O) groups excluding carboxylic acids is 2. The Morgan fingerprint density at radius 2 is 2.21 bits per heavy atom. The average molecular weight is 412 g/mol. The summed E-state index contributed by atoms with van der Waals surface area (Å²) in [5, 5.41) is 12.5. The minimum Gasteiger partial charge on any atom is -0.465 e. The SMILES string of the molecule is COC(=O)c1c(NC(=O)CN(C)Cc2cccc(C#N)c2)sc2c1CCC(C)C2. The molecule has 0 bridgehead atoms. The van der Waals surface area contributed by atoms with Crippen LogP contribution in [-0.4, -0.2) is 37.5 Å². The van der Waals surface area contributed by atoms with Crippen LogP contribution in [0.25, 0.3) is 0 Å². The number of esters is 1. The molecule has 1 amide bonds. The number of thiophene rings is 1. The number of fused-ring (bicyclic) bond motifs is 1. The molecule has 7 heteroatoms. The zero-order chi connectivity index (χ0) is 21.0. The number of carbonyl (C=O) groups is 2. The Morgan fingerprint density at radius 3 is 2.93 bits per heavy atom. The first-order chi connectivity index (χ1) is 13.9. The predicted molar refractivity (Wildman–Crippen MR) is 113 cm³/mol. The van der Waals surface area contributed by atoms with Crippen molar-refractivity contribution in [1.82, 2.24) is 4.90 Å². The van der Waals surface area contributed by atoms with E-state index >= 15 is 0 Å². The second-order valence-corrected chi connectivity index (χ2v) is 8.69. The number of nitrogens with one attached hydrogen (secondary N) is 1. The van der Waals surface area contributed by atoms with Crippen molar-refractivity contribution >= 4 is 28.2 Å². The van der Waals surface area contributed by atoms with Gasteiger partial charge < -0.3 is 10.1 Å². The van der Waals surface area contributed by atoms with Crippen LogP contribution in [0.3, 0.4) is 0 Å². The van der Waals surface area contributed by atoms with Gasteiger partial charge in [-0.3, -0.25) is 9.69 Å². The van der Waals surface area contributed by atoms with Gasteiger partial charge in [-0.25, -0.2) is 4.79 Å². The fourth-order valence-electron chi connectivity index (χ4n) is 3.67. The first kappa shape index (κ1) is 21.0. The number of likely N-dealkylation sites (N-methyl/N-ethyl adjacent to an activating group) is 1. The molecule has 0 spiro atoms. The number of hydrogen-bond donors (Lipinski definition) is 1. The van der Waals surface area contributed by atoms with Crippen molar-refractivity contribution in [2.24, 2.45) is 5.92 Å². The van der Waals surface area contributed by atoms with Gasteiger partial charge in [0.15, 0.2) is 0 Å². The highest BCUT2D eigenvalue weighted by molar-refractivity contribution is 7.17. The van der Waals surface area contributed by atoms with E-state index in [0.717, 1.165) is 30.4 Å². The van der Waals surface area contributed by atoms with Crippen molar-refractivity contribution in [2.75, 3.05) is 26.0 Å². The van der Waals surface area contributed by atoms with E-state index in [-0.39, 0.29) is 12.5 Å². The summed E-state index contributed by atoms with van der Waals surface area (Å²) in [6.45, 7) is 2.93. The molecule has 0 saturated heterocycles. The summed E-state index contributed by atoms with van der Waals surface area (Å²) in [7, 11) is 3.22. The standard InChI is InChI=1S/C22H25N3O3S/c1-14-7-8-17-18(9-14)29-21(20(17)22(27)28-3)24-19(26)13-25(2)12-16-6-4-5-15(10-16)11-23/h4-6,10,14H,7-9,12-13H2,1-3H3,(H,24,26). The maximum absolute atomic E-state index is 12.6. The summed E-state index contributed by atoms with van der Waals surface area (Å²) in [4.78, 5) is 28.0. The zero-order valence-electron chi connectivity index (χ0n) is 16.9. The minimum atomic E-state index is -0.394. The lowest BCUT2D eigenvalue weighted by Crippen LogP contribution is -2.30. The quantitative estimate of drug-likeness (QED) is 0.735. The van der Waals surface area contributed by atoms with Gasteiger partial charge in [-0.05, 0) is 55.5 Å². The Bertz CT molecular complexity index is 961. The van der Waals surface area contributed by atoms with Crippen LogP contribution in [-0.2, 0) is 28.9 Å². The molecule has 1 aromatic heterocycles. The molecule has 0 aliphatic heterocycles. The van der Waals surface area contributed by atoms with Gasteiger partial charge in [0, 0.05) is 11.4 Å². The number of rotatable bonds is 6. The van der Waals surface area contributed by atoms with Gasteiger partial charge in [-0.2, -0.15) is 5.26 Å². The first-order valence-electron chi connectivity index (χ1n) is 9.61. The topological polar surface area (TPSA) is 82.4 Å². The summed E-state index contributed by atoms with van der Waals surface area (Å²) in [5.74, 6) is 0.000248. The Hall–Kier alpha value is -2.69. The van der Waals surface area contributed by atoms with Gasteiger partial charge in [0.1, 0.15) is 5.00 Å². The van der Waals surface area contributed by atoms with Crippen LogP contribution in [0.5, 0.6) is 0 Å². The molecule has 152 valence electrons. The number of nitrogens with zero attached hydrogens (tertiary/aromatic N) is 2. The van der Waals surface area contributed by atoms with Crippen LogP contribution < -0.4 is 5.32 Å². The van der Waals surface area contributed by atoms with E-state index in [0.29, 0.717) is 28.6 Å². The molecule has 1 N–H and O–H groups in total. The number of benzene rings is 1. The van der Waals surface area contributed by atoms with Crippen LogP contribution in [0.2, 0.25) is 0 Å². The predicted octanol–water partition coefficient (Wildman–Crippen LogP) is 3.60. The van der Waals surface area contributed by atoms with E-state index in [1.165, 1.54) is 23.3 Å². The molecule has 1 aromatic carbocycles. The zero-order valence-corrected chi connectivity index (χ0v) is 17.8. The maximum atomic E-state index is 12.6. The largest absolute Gasteiger partial charge is 0.465 e. The molecule has 0 saturated carbocycles. The molecule has 1 heterocycles. The van der Waals surface area contributed by atoms with E-state index in [1.54, 1.807) is 6.07 Å². The number of methoxy groups -OCH3 is 1. The highest BCUT2D eigenvalue weighted by atomic mass is 32.1. The Kier molecular flexibility index (Phi) is 6.68.